The van der Waals surface area contributed by atoms with Gasteiger partial charge in [0, 0.05) is 18.0 Å². The molecule has 0 spiro atoms. The number of rotatable bonds is 4. The standard InChI is InChI=1S/C12H19FN2OS/c1-4-15-6-5-10-9(7-15)14-11(17-10)16-8-12(2,3)13/h4-8H2,1-3H3. The van der Waals surface area contributed by atoms with Gasteiger partial charge in [-0.15, -0.1) is 0 Å². The Balaban J connectivity index is 2.00. The number of likely N-dealkylation sites (N-methyl/N-ethyl adjacent to an activating group) is 1. The van der Waals surface area contributed by atoms with Crippen molar-refractivity contribution in [2.75, 3.05) is 19.7 Å². The molecule has 1 aliphatic heterocycles. The zero-order chi connectivity index (χ0) is 12.5. The van der Waals surface area contributed by atoms with E-state index in [1.807, 2.05) is 0 Å². The highest BCUT2D eigenvalue weighted by molar-refractivity contribution is 7.13. The van der Waals surface area contributed by atoms with Crippen molar-refractivity contribution in [3.63, 3.8) is 0 Å². The van der Waals surface area contributed by atoms with Crippen LogP contribution in [0.15, 0.2) is 0 Å². The maximum atomic E-state index is 13.3. The highest BCUT2D eigenvalue weighted by atomic mass is 32.1. The number of halogens is 1. The first-order valence-corrected chi connectivity index (χ1v) is 6.82. The lowest BCUT2D eigenvalue weighted by Crippen LogP contribution is -2.29. The Kier molecular flexibility index (Phi) is 3.68. The number of hydrogen-bond acceptors (Lipinski definition) is 4. The van der Waals surface area contributed by atoms with Gasteiger partial charge in [-0.3, -0.25) is 4.90 Å². The number of hydrogen-bond donors (Lipinski definition) is 0. The number of nitrogens with zero attached hydrogens (tertiary/aromatic N) is 2. The van der Waals surface area contributed by atoms with Crippen molar-refractivity contribution in [3.8, 4) is 5.19 Å². The monoisotopic (exact) mass is 258 g/mol. The summed E-state index contributed by atoms with van der Waals surface area (Å²) in [5, 5.41) is 0.610. The van der Waals surface area contributed by atoms with Crippen LogP contribution in [0.1, 0.15) is 31.3 Å². The summed E-state index contributed by atoms with van der Waals surface area (Å²) in [7, 11) is 0. The molecule has 0 aromatic carbocycles. The molecular formula is C12H19FN2OS. The predicted molar refractivity (Wildman–Crippen MR) is 67.5 cm³/mol. The molecule has 1 aromatic heterocycles. The van der Waals surface area contributed by atoms with Gasteiger partial charge in [0.05, 0.1) is 5.69 Å². The van der Waals surface area contributed by atoms with E-state index in [4.69, 9.17) is 4.74 Å². The van der Waals surface area contributed by atoms with Crippen LogP contribution in [-0.2, 0) is 13.0 Å². The van der Waals surface area contributed by atoms with E-state index in [2.05, 4.69) is 16.8 Å². The van der Waals surface area contributed by atoms with Gasteiger partial charge in [-0.05, 0) is 26.8 Å². The molecule has 0 saturated heterocycles. The minimum Gasteiger partial charge on any atom is -0.467 e. The third-order valence-corrected chi connectivity index (χ3v) is 3.84. The molecule has 1 aromatic rings. The van der Waals surface area contributed by atoms with Crippen LogP contribution in [0.3, 0.4) is 0 Å². The topological polar surface area (TPSA) is 25.4 Å². The van der Waals surface area contributed by atoms with Crippen LogP contribution in [0, 0.1) is 0 Å². The Morgan fingerprint density at radius 2 is 2.29 bits per heavy atom. The molecule has 17 heavy (non-hydrogen) atoms. The molecule has 0 radical (unpaired) electrons. The molecular weight excluding hydrogens is 239 g/mol. The van der Waals surface area contributed by atoms with Crippen LogP contribution in [0.2, 0.25) is 0 Å². The fourth-order valence-corrected chi connectivity index (χ4v) is 2.70. The smallest absolute Gasteiger partial charge is 0.273 e. The quantitative estimate of drug-likeness (QED) is 0.830. The Bertz CT molecular complexity index is 386. The van der Waals surface area contributed by atoms with Gasteiger partial charge in [-0.2, -0.15) is 0 Å². The predicted octanol–water partition coefficient (Wildman–Crippen LogP) is 2.65. The van der Waals surface area contributed by atoms with Crippen molar-refractivity contribution in [2.24, 2.45) is 0 Å². The van der Waals surface area contributed by atoms with Gasteiger partial charge in [-0.25, -0.2) is 9.37 Å². The fourth-order valence-electron chi connectivity index (χ4n) is 1.79. The maximum absolute atomic E-state index is 13.3. The lowest BCUT2D eigenvalue weighted by molar-refractivity contribution is 0.120. The Morgan fingerprint density at radius 1 is 1.53 bits per heavy atom. The summed E-state index contributed by atoms with van der Waals surface area (Å²) in [4.78, 5) is 8.09. The molecule has 0 fully saturated rings. The second-order valence-corrected chi connectivity index (χ2v) is 6.02. The number of aromatic nitrogens is 1. The number of fused-ring (bicyclic) bond motifs is 1. The van der Waals surface area contributed by atoms with Gasteiger partial charge in [0.2, 0.25) is 0 Å². The van der Waals surface area contributed by atoms with Crippen molar-refractivity contribution in [1.82, 2.24) is 9.88 Å². The zero-order valence-corrected chi connectivity index (χ0v) is 11.4. The summed E-state index contributed by atoms with van der Waals surface area (Å²) in [6.07, 6.45) is 1.03. The lowest BCUT2D eigenvalue weighted by Gasteiger charge is -2.23. The molecule has 0 atom stereocenters. The molecule has 0 aliphatic carbocycles. The van der Waals surface area contributed by atoms with E-state index in [9.17, 15) is 4.39 Å². The Morgan fingerprint density at radius 3 is 2.94 bits per heavy atom. The van der Waals surface area contributed by atoms with Gasteiger partial charge in [-0.1, -0.05) is 18.3 Å². The second kappa shape index (κ2) is 4.90. The fraction of sp³-hybridized carbons (Fsp3) is 0.750. The summed E-state index contributed by atoms with van der Waals surface area (Å²) in [5.41, 5.74) is -0.198. The Labute approximate surface area is 106 Å². The number of thiazole rings is 1. The van der Waals surface area contributed by atoms with Gasteiger partial charge in [0.1, 0.15) is 12.3 Å². The van der Waals surface area contributed by atoms with Crippen molar-refractivity contribution in [1.29, 1.82) is 0 Å². The van der Waals surface area contributed by atoms with Gasteiger partial charge in [0.15, 0.2) is 0 Å². The maximum Gasteiger partial charge on any atom is 0.273 e. The van der Waals surface area contributed by atoms with Gasteiger partial charge in [0.25, 0.3) is 5.19 Å². The molecule has 5 heteroatoms. The van der Waals surface area contributed by atoms with Crippen molar-refractivity contribution in [2.45, 2.75) is 39.4 Å². The minimum absolute atomic E-state index is 0.0664. The largest absolute Gasteiger partial charge is 0.467 e. The first-order valence-electron chi connectivity index (χ1n) is 6.00. The van der Waals surface area contributed by atoms with E-state index >= 15 is 0 Å². The highest BCUT2D eigenvalue weighted by Gasteiger charge is 2.22. The van der Waals surface area contributed by atoms with Crippen LogP contribution in [-0.4, -0.2) is 35.2 Å². The zero-order valence-electron chi connectivity index (χ0n) is 10.6. The third kappa shape index (κ3) is 3.39. The molecule has 0 N–H and O–H groups in total. The molecule has 3 nitrogen and oxygen atoms in total. The summed E-state index contributed by atoms with van der Waals surface area (Å²) in [5.74, 6) is 0. The molecule has 2 heterocycles. The normalized spacial score (nSPS) is 16.9. The van der Waals surface area contributed by atoms with E-state index in [-0.39, 0.29) is 6.61 Å². The van der Waals surface area contributed by atoms with Crippen LogP contribution in [0.4, 0.5) is 4.39 Å². The molecule has 0 unspecified atom stereocenters. The van der Waals surface area contributed by atoms with E-state index in [0.717, 1.165) is 31.7 Å². The third-order valence-electron chi connectivity index (χ3n) is 2.77. The molecule has 0 saturated carbocycles. The van der Waals surface area contributed by atoms with Crippen molar-refractivity contribution >= 4 is 11.3 Å². The van der Waals surface area contributed by atoms with Crippen molar-refractivity contribution in [3.05, 3.63) is 10.6 Å². The second-order valence-electron chi connectivity index (χ2n) is 4.98. The lowest BCUT2D eigenvalue weighted by atomic mass is 10.2. The van der Waals surface area contributed by atoms with E-state index < -0.39 is 5.67 Å². The van der Waals surface area contributed by atoms with E-state index in [0.29, 0.717) is 5.19 Å². The number of alkyl halides is 1. The van der Waals surface area contributed by atoms with Crippen LogP contribution in [0.25, 0.3) is 0 Å². The van der Waals surface area contributed by atoms with Crippen LogP contribution in [0.5, 0.6) is 5.19 Å². The molecule has 0 bridgehead atoms. The van der Waals surface area contributed by atoms with Crippen LogP contribution < -0.4 is 4.74 Å². The van der Waals surface area contributed by atoms with Gasteiger partial charge >= 0.3 is 0 Å². The van der Waals surface area contributed by atoms with E-state index in [1.54, 1.807) is 11.3 Å². The summed E-state index contributed by atoms with van der Waals surface area (Å²) in [6.45, 7) is 8.27. The first-order chi connectivity index (χ1) is 7.98. The summed E-state index contributed by atoms with van der Waals surface area (Å²) < 4.78 is 18.7. The van der Waals surface area contributed by atoms with Gasteiger partial charge < -0.3 is 4.74 Å². The summed E-state index contributed by atoms with van der Waals surface area (Å²) in [6, 6.07) is 0. The average molecular weight is 258 g/mol. The minimum atomic E-state index is -1.30. The highest BCUT2D eigenvalue weighted by Crippen LogP contribution is 2.30. The molecule has 0 amide bonds. The molecule has 1 aliphatic rings. The Hall–Kier alpha value is -0.680. The molecule has 96 valence electrons. The SMILES string of the molecule is CCN1CCc2sc(OCC(C)(C)F)nc2C1. The molecule has 2 rings (SSSR count). The number of ether oxygens (including phenoxy) is 1. The average Bonchev–Trinajstić information content (AvgIpc) is 2.66. The van der Waals surface area contributed by atoms with E-state index in [1.165, 1.54) is 18.7 Å². The first kappa shape index (κ1) is 12.8. The van der Waals surface area contributed by atoms with Crippen LogP contribution >= 0.6 is 11.3 Å². The summed E-state index contributed by atoms with van der Waals surface area (Å²) >= 11 is 1.56. The van der Waals surface area contributed by atoms with Crippen molar-refractivity contribution < 1.29 is 9.13 Å².